The number of benzene rings is 2. The summed E-state index contributed by atoms with van der Waals surface area (Å²) >= 11 is 0. The molecule has 0 radical (unpaired) electrons. The molecule has 2 aromatic carbocycles. The summed E-state index contributed by atoms with van der Waals surface area (Å²) in [7, 11) is 1.58. The first-order valence-corrected chi connectivity index (χ1v) is 10.6. The highest BCUT2D eigenvalue weighted by molar-refractivity contribution is 5.99. The number of H-pyrrole nitrogens is 1. The number of carbonyl (C=O) groups is 2. The highest BCUT2D eigenvalue weighted by Crippen LogP contribution is 2.39. The predicted octanol–water partition coefficient (Wildman–Crippen LogP) is 4.83. The fourth-order valence-electron chi connectivity index (χ4n) is 3.57. The van der Waals surface area contributed by atoms with Gasteiger partial charge in [-0.05, 0) is 49.1 Å². The summed E-state index contributed by atoms with van der Waals surface area (Å²) in [6.07, 6.45) is 3.56. The van der Waals surface area contributed by atoms with Crippen LogP contribution in [0.5, 0.6) is 5.75 Å². The Labute approximate surface area is 186 Å². The summed E-state index contributed by atoms with van der Waals surface area (Å²) in [5, 5.41) is 12.8. The molecule has 1 saturated carbocycles. The molecular weight excluding hydrogens is 404 g/mol. The lowest BCUT2D eigenvalue weighted by Gasteiger charge is -2.15. The van der Waals surface area contributed by atoms with Crippen LogP contribution < -0.4 is 15.4 Å². The van der Waals surface area contributed by atoms with Gasteiger partial charge in [0, 0.05) is 35.0 Å². The van der Waals surface area contributed by atoms with E-state index in [2.05, 4.69) is 27.4 Å². The fraction of sp³-hybridized carbons (Fsp3) is 0.240. The van der Waals surface area contributed by atoms with Crippen LogP contribution in [0.25, 0.3) is 11.1 Å². The van der Waals surface area contributed by atoms with E-state index in [1.807, 2.05) is 43.3 Å². The van der Waals surface area contributed by atoms with E-state index in [1.165, 1.54) is 18.9 Å². The van der Waals surface area contributed by atoms with E-state index in [4.69, 9.17) is 4.74 Å². The minimum atomic E-state index is -0.367. The van der Waals surface area contributed by atoms with Crippen molar-refractivity contribution in [2.45, 2.75) is 31.6 Å². The zero-order valence-corrected chi connectivity index (χ0v) is 18.1. The van der Waals surface area contributed by atoms with Crippen molar-refractivity contribution in [3.8, 4) is 16.9 Å². The lowest BCUT2D eigenvalue weighted by atomic mass is 9.95. The summed E-state index contributed by atoms with van der Waals surface area (Å²) < 4.78 is 5.54. The van der Waals surface area contributed by atoms with E-state index in [0.29, 0.717) is 23.2 Å². The third kappa shape index (κ3) is 4.72. The molecule has 1 unspecified atom stereocenters. The SMILES string of the molecule is C=CC(=O)Nc1ccc(-c2cccc(C(C)C(=O)Nc3cc(C4CC4)[nH]n3)c2)c(OC)c1. The monoisotopic (exact) mass is 430 g/mol. The van der Waals surface area contributed by atoms with Crippen molar-refractivity contribution in [1.82, 2.24) is 10.2 Å². The molecular formula is C25H26N4O3. The van der Waals surface area contributed by atoms with Crippen molar-refractivity contribution < 1.29 is 14.3 Å². The highest BCUT2D eigenvalue weighted by Gasteiger charge is 2.26. The van der Waals surface area contributed by atoms with Gasteiger partial charge in [-0.15, -0.1) is 0 Å². The first kappa shape index (κ1) is 21.4. The molecule has 7 heteroatoms. The molecule has 1 atom stereocenters. The molecule has 3 aromatic rings. The number of nitrogens with one attached hydrogen (secondary N) is 3. The van der Waals surface area contributed by atoms with Gasteiger partial charge < -0.3 is 15.4 Å². The van der Waals surface area contributed by atoms with Crippen LogP contribution in [0.1, 0.15) is 42.9 Å². The molecule has 0 bridgehead atoms. The van der Waals surface area contributed by atoms with Crippen molar-refractivity contribution in [1.29, 1.82) is 0 Å². The summed E-state index contributed by atoms with van der Waals surface area (Å²) in [4.78, 5) is 24.4. The summed E-state index contributed by atoms with van der Waals surface area (Å²) in [5.41, 5.74) is 4.35. The van der Waals surface area contributed by atoms with Gasteiger partial charge in [0.25, 0.3) is 0 Å². The molecule has 1 aliphatic carbocycles. The minimum Gasteiger partial charge on any atom is -0.496 e. The maximum atomic E-state index is 12.8. The molecule has 0 saturated heterocycles. The largest absolute Gasteiger partial charge is 0.496 e. The van der Waals surface area contributed by atoms with E-state index >= 15 is 0 Å². The standard InChI is InChI=1S/C25H26N4O3/c1-4-24(30)26-19-10-11-20(22(13-19)32-3)18-7-5-6-17(12-18)15(2)25(31)27-23-14-21(28-29-23)16-8-9-16/h4-7,10-16H,1,8-9H2,2-3H3,(H,26,30)(H2,27,28,29,31). The smallest absolute Gasteiger partial charge is 0.247 e. The van der Waals surface area contributed by atoms with Gasteiger partial charge in [-0.3, -0.25) is 14.7 Å². The molecule has 1 aliphatic rings. The first-order chi connectivity index (χ1) is 15.5. The van der Waals surface area contributed by atoms with Crippen molar-refractivity contribution in [2.24, 2.45) is 0 Å². The molecule has 0 aliphatic heterocycles. The predicted molar refractivity (Wildman–Crippen MR) is 125 cm³/mol. The summed E-state index contributed by atoms with van der Waals surface area (Å²) in [6, 6.07) is 15.1. The Kier molecular flexibility index (Phi) is 6.07. The Morgan fingerprint density at radius 3 is 2.72 bits per heavy atom. The number of nitrogens with zero attached hydrogens (tertiary/aromatic N) is 1. The second-order valence-electron chi connectivity index (χ2n) is 7.93. The number of aromatic nitrogens is 2. The molecule has 1 aromatic heterocycles. The van der Waals surface area contributed by atoms with Gasteiger partial charge in [-0.25, -0.2) is 0 Å². The van der Waals surface area contributed by atoms with Crippen molar-refractivity contribution in [3.63, 3.8) is 0 Å². The average Bonchev–Trinajstić information content (AvgIpc) is 3.57. The summed E-state index contributed by atoms with van der Waals surface area (Å²) in [5.74, 6) is 0.944. The van der Waals surface area contributed by atoms with Crippen molar-refractivity contribution >= 4 is 23.3 Å². The molecule has 2 amide bonds. The Bertz CT molecular complexity index is 1160. The van der Waals surface area contributed by atoms with Crippen LogP contribution in [-0.2, 0) is 9.59 Å². The maximum Gasteiger partial charge on any atom is 0.247 e. The van der Waals surface area contributed by atoms with Gasteiger partial charge in [-0.1, -0.05) is 30.8 Å². The second-order valence-corrected chi connectivity index (χ2v) is 7.93. The number of ether oxygens (including phenoxy) is 1. The lowest BCUT2D eigenvalue weighted by Crippen LogP contribution is -2.19. The van der Waals surface area contributed by atoms with E-state index in [-0.39, 0.29) is 17.7 Å². The third-order valence-corrected chi connectivity index (χ3v) is 5.61. The molecule has 7 nitrogen and oxygen atoms in total. The normalized spacial score (nSPS) is 13.8. The van der Waals surface area contributed by atoms with Crippen LogP contribution in [0.4, 0.5) is 11.5 Å². The number of methoxy groups -OCH3 is 1. The van der Waals surface area contributed by atoms with Crippen LogP contribution in [0, 0.1) is 0 Å². The average molecular weight is 431 g/mol. The van der Waals surface area contributed by atoms with E-state index in [1.54, 1.807) is 19.2 Å². The Morgan fingerprint density at radius 1 is 1.19 bits per heavy atom. The zero-order chi connectivity index (χ0) is 22.7. The Hall–Kier alpha value is -3.87. The molecule has 4 rings (SSSR count). The first-order valence-electron chi connectivity index (χ1n) is 10.6. The van der Waals surface area contributed by atoms with Crippen LogP contribution in [0.2, 0.25) is 0 Å². The van der Waals surface area contributed by atoms with Crippen molar-refractivity contribution in [2.75, 3.05) is 17.7 Å². The number of hydrogen-bond acceptors (Lipinski definition) is 4. The molecule has 164 valence electrons. The van der Waals surface area contributed by atoms with Gasteiger partial charge >= 0.3 is 0 Å². The minimum absolute atomic E-state index is 0.120. The van der Waals surface area contributed by atoms with E-state index in [0.717, 1.165) is 22.4 Å². The number of hydrogen-bond donors (Lipinski definition) is 3. The zero-order valence-electron chi connectivity index (χ0n) is 18.1. The van der Waals surface area contributed by atoms with Crippen LogP contribution in [0.3, 0.4) is 0 Å². The summed E-state index contributed by atoms with van der Waals surface area (Å²) in [6.45, 7) is 5.33. The van der Waals surface area contributed by atoms with Crippen LogP contribution in [-0.4, -0.2) is 29.1 Å². The molecule has 32 heavy (non-hydrogen) atoms. The number of anilines is 2. The molecule has 1 fully saturated rings. The highest BCUT2D eigenvalue weighted by atomic mass is 16.5. The Morgan fingerprint density at radius 2 is 2.00 bits per heavy atom. The third-order valence-electron chi connectivity index (χ3n) is 5.61. The van der Waals surface area contributed by atoms with Gasteiger partial charge in [0.1, 0.15) is 5.75 Å². The van der Waals surface area contributed by atoms with Gasteiger partial charge in [0.2, 0.25) is 11.8 Å². The van der Waals surface area contributed by atoms with Gasteiger partial charge in [0.05, 0.1) is 13.0 Å². The maximum absolute atomic E-state index is 12.8. The topological polar surface area (TPSA) is 96.1 Å². The quantitative estimate of drug-likeness (QED) is 0.446. The van der Waals surface area contributed by atoms with Gasteiger partial charge in [-0.2, -0.15) is 5.10 Å². The molecule has 3 N–H and O–H groups in total. The fourth-order valence-corrected chi connectivity index (χ4v) is 3.57. The van der Waals surface area contributed by atoms with Gasteiger partial charge in [0.15, 0.2) is 5.82 Å². The number of aromatic amines is 1. The van der Waals surface area contributed by atoms with Crippen molar-refractivity contribution in [3.05, 3.63) is 72.4 Å². The van der Waals surface area contributed by atoms with Crippen LogP contribution >= 0.6 is 0 Å². The van der Waals surface area contributed by atoms with Crippen LogP contribution in [0.15, 0.2) is 61.2 Å². The molecule has 1 heterocycles. The van der Waals surface area contributed by atoms with E-state index < -0.39 is 0 Å². The van der Waals surface area contributed by atoms with E-state index in [9.17, 15) is 9.59 Å². The number of rotatable bonds is 8. The lowest BCUT2D eigenvalue weighted by molar-refractivity contribution is -0.117. The number of carbonyl (C=O) groups excluding carboxylic acids is 2. The number of amides is 2. The molecule has 0 spiro atoms. The Balaban J connectivity index is 1.52. The second kappa shape index (κ2) is 9.09.